The van der Waals surface area contributed by atoms with Crippen LogP contribution in [-0.4, -0.2) is 22.3 Å². The van der Waals surface area contributed by atoms with Gasteiger partial charge in [0.25, 0.3) is 0 Å². The lowest BCUT2D eigenvalue weighted by Gasteiger charge is -2.39. The lowest BCUT2D eigenvalue weighted by Crippen LogP contribution is -2.57. The Kier molecular flexibility index (Phi) is 3.11. The van der Waals surface area contributed by atoms with Crippen LogP contribution in [0.5, 0.6) is 0 Å². The molecule has 1 aliphatic heterocycles. The fraction of sp³-hybridized carbons (Fsp3) is 0.364. The van der Waals surface area contributed by atoms with E-state index in [-0.39, 0.29) is 22.4 Å². The predicted octanol–water partition coefficient (Wildman–Crippen LogP) is 4.31. The van der Waals surface area contributed by atoms with Gasteiger partial charge in [0.15, 0.2) is 0 Å². The maximum Gasteiger partial charge on any atom is 0.432 e. The van der Waals surface area contributed by atoms with Gasteiger partial charge in [0.2, 0.25) is 0 Å². The van der Waals surface area contributed by atoms with Crippen molar-refractivity contribution in [1.29, 1.82) is 0 Å². The quantitative estimate of drug-likeness (QED) is 0.704. The van der Waals surface area contributed by atoms with Crippen LogP contribution in [-0.2, 0) is 0 Å². The van der Waals surface area contributed by atoms with E-state index in [9.17, 15) is 26.3 Å². The van der Waals surface area contributed by atoms with Crippen LogP contribution in [0, 0.1) is 6.92 Å². The van der Waals surface area contributed by atoms with E-state index in [4.69, 9.17) is 0 Å². The Morgan fingerprint density at radius 3 is 1.74 bits per heavy atom. The van der Waals surface area contributed by atoms with Gasteiger partial charge in [-0.2, -0.15) is 26.3 Å². The number of aliphatic imine (C=N–C) groups is 1. The van der Waals surface area contributed by atoms with Crippen molar-refractivity contribution in [2.24, 2.45) is 4.99 Å². The van der Waals surface area contributed by atoms with Gasteiger partial charge in [-0.05, 0) is 6.92 Å². The van der Waals surface area contributed by atoms with Crippen molar-refractivity contribution in [2.45, 2.75) is 24.1 Å². The maximum absolute atomic E-state index is 12.6. The highest BCUT2D eigenvalue weighted by atomic mass is 32.2. The van der Waals surface area contributed by atoms with Crippen LogP contribution in [0.4, 0.5) is 26.3 Å². The first-order valence-electron chi connectivity index (χ1n) is 5.06. The van der Waals surface area contributed by atoms with Crippen molar-refractivity contribution in [3.63, 3.8) is 0 Å². The minimum absolute atomic E-state index is 0.250. The van der Waals surface area contributed by atoms with Gasteiger partial charge in [0.1, 0.15) is 5.04 Å². The molecule has 0 amide bonds. The Bertz CT molecular complexity index is 499. The number of hydrogen-bond acceptors (Lipinski definition) is 2. The molecule has 2 rings (SSSR count). The molecule has 1 heterocycles. The van der Waals surface area contributed by atoms with Crippen molar-refractivity contribution >= 4 is 16.8 Å². The van der Waals surface area contributed by atoms with Crippen LogP contribution >= 0.6 is 11.8 Å². The van der Waals surface area contributed by atoms with E-state index in [1.807, 2.05) is 0 Å². The first-order valence-corrected chi connectivity index (χ1v) is 5.88. The topological polar surface area (TPSA) is 12.4 Å². The van der Waals surface area contributed by atoms with Crippen molar-refractivity contribution in [3.8, 4) is 0 Å². The molecule has 0 fully saturated rings. The number of rotatable bonds is 1. The second kappa shape index (κ2) is 4.16. The molecular formula is C11H7F6NS. The molecule has 0 saturated heterocycles. The molecule has 1 aromatic carbocycles. The van der Waals surface area contributed by atoms with E-state index >= 15 is 0 Å². The molecule has 8 heteroatoms. The van der Waals surface area contributed by atoms with E-state index in [1.54, 1.807) is 19.1 Å². The van der Waals surface area contributed by atoms with Crippen molar-refractivity contribution in [2.75, 3.05) is 0 Å². The molecule has 19 heavy (non-hydrogen) atoms. The minimum atomic E-state index is -5.47. The Morgan fingerprint density at radius 1 is 0.947 bits per heavy atom. The fourth-order valence-corrected chi connectivity index (χ4v) is 2.46. The van der Waals surface area contributed by atoms with E-state index in [0.29, 0.717) is 0 Å². The molecule has 0 aliphatic carbocycles. The van der Waals surface area contributed by atoms with Gasteiger partial charge in [-0.15, -0.1) is 0 Å². The lowest BCUT2D eigenvalue weighted by atomic mass is 10.1. The summed E-state index contributed by atoms with van der Waals surface area (Å²) < 4.78 is 75.3. The average Bonchev–Trinajstić information content (AvgIpc) is 2.14. The molecule has 0 unspecified atom stereocenters. The highest BCUT2D eigenvalue weighted by Crippen LogP contribution is 2.59. The summed E-state index contributed by atoms with van der Waals surface area (Å²) in [5.41, 5.74) is 1.10. The largest absolute Gasteiger partial charge is 0.432 e. The Hall–Kier alpha value is -1.18. The molecule has 0 atom stereocenters. The summed E-state index contributed by atoms with van der Waals surface area (Å²) in [7, 11) is 0. The number of benzene rings is 1. The molecule has 0 saturated carbocycles. The lowest BCUT2D eigenvalue weighted by molar-refractivity contribution is -0.263. The monoisotopic (exact) mass is 299 g/mol. The van der Waals surface area contributed by atoms with Crippen molar-refractivity contribution in [3.05, 3.63) is 35.4 Å². The second-order valence-electron chi connectivity index (χ2n) is 4.02. The minimum Gasteiger partial charge on any atom is -0.242 e. The fourth-order valence-electron chi connectivity index (χ4n) is 1.51. The molecule has 0 aromatic heterocycles. The smallest absolute Gasteiger partial charge is 0.242 e. The van der Waals surface area contributed by atoms with Crippen LogP contribution in [0.15, 0.2) is 29.3 Å². The number of thioether (sulfide) groups is 1. The highest BCUT2D eigenvalue weighted by molar-refractivity contribution is 8.17. The Balaban J connectivity index is 2.38. The van der Waals surface area contributed by atoms with Crippen LogP contribution in [0.3, 0.4) is 0 Å². The van der Waals surface area contributed by atoms with Gasteiger partial charge < -0.3 is 0 Å². The summed E-state index contributed by atoms with van der Waals surface area (Å²) in [4.78, 5) is -1.20. The average molecular weight is 299 g/mol. The van der Waals surface area contributed by atoms with Gasteiger partial charge in [0, 0.05) is 5.56 Å². The molecule has 0 bridgehead atoms. The Labute approximate surface area is 108 Å². The second-order valence-corrected chi connectivity index (χ2v) is 5.21. The molecule has 1 nitrogen and oxygen atoms in total. The van der Waals surface area contributed by atoms with Crippen molar-refractivity contribution < 1.29 is 26.3 Å². The zero-order valence-electron chi connectivity index (χ0n) is 9.43. The third-order valence-corrected chi connectivity index (χ3v) is 3.94. The summed E-state index contributed by atoms with van der Waals surface area (Å²) >= 11 is -0.306. The molecule has 104 valence electrons. The molecule has 1 aliphatic rings. The van der Waals surface area contributed by atoms with Gasteiger partial charge in [-0.25, -0.2) is 4.99 Å². The van der Waals surface area contributed by atoms with E-state index in [2.05, 4.69) is 4.99 Å². The van der Waals surface area contributed by atoms with E-state index in [0.717, 1.165) is 5.56 Å². The van der Waals surface area contributed by atoms with Gasteiger partial charge >= 0.3 is 17.2 Å². The zero-order chi connectivity index (χ0) is 14.5. The number of alkyl halides is 6. The first-order chi connectivity index (χ1) is 8.57. The highest BCUT2D eigenvalue weighted by Gasteiger charge is 2.76. The summed E-state index contributed by atoms with van der Waals surface area (Å²) in [6.45, 7) is 1.76. The summed E-state index contributed by atoms with van der Waals surface area (Å²) in [6, 6.07) is 6.08. The number of hydrogen-bond donors (Lipinski definition) is 0. The molecule has 1 aromatic rings. The van der Waals surface area contributed by atoms with Gasteiger partial charge in [-0.1, -0.05) is 41.6 Å². The van der Waals surface area contributed by atoms with Crippen LogP contribution < -0.4 is 0 Å². The summed E-state index contributed by atoms with van der Waals surface area (Å²) in [5, 5.41) is -0.255. The third kappa shape index (κ3) is 2.22. The summed E-state index contributed by atoms with van der Waals surface area (Å²) in [6.07, 6.45) is -10.9. The number of aryl methyl sites for hydroxylation is 1. The molecular weight excluding hydrogens is 292 g/mol. The van der Waals surface area contributed by atoms with Crippen LogP contribution in [0.2, 0.25) is 0 Å². The predicted molar refractivity (Wildman–Crippen MR) is 60.1 cm³/mol. The molecule has 0 radical (unpaired) electrons. The van der Waals surface area contributed by atoms with Crippen LogP contribution in [0.1, 0.15) is 11.1 Å². The Morgan fingerprint density at radius 2 is 1.37 bits per heavy atom. The van der Waals surface area contributed by atoms with E-state index in [1.165, 1.54) is 12.1 Å². The zero-order valence-corrected chi connectivity index (χ0v) is 10.2. The molecule has 0 spiro atoms. The normalized spacial score (nSPS) is 18.8. The standard InChI is InChI=1S/C11H7F6NS/c1-6-2-4-7(5-3-6)8-18-9(19-8,10(12,13)14)11(15,16)17/h2-5H,1H3. The van der Waals surface area contributed by atoms with Crippen molar-refractivity contribution in [1.82, 2.24) is 0 Å². The molecule has 0 N–H and O–H groups in total. The van der Waals surface area contributed by atoms with Gasteiger partial charge in [-0.3, -0.25) is 0 Å². The number of nitrogens with zero attached hydrogens (tertiary/aromatic N) is 1. The number of halogens is 6. The van der Waals surface area contributed by atoms with E-state index < -0.39 is 17.2 Å². The first kappa shape index (κ1) is 14.2. The third-order valence-electron chi connectivity index (χ3n) is 2.57. The van der Waals surface area contributed by atoms with Crippen LogP contribution in [0.25, 0.3) is 0 Å². The summed E-state index contributed by atoms with van der Waals surface area (Å²) in [5.74, 6) is 0. The SMILES string of the molecule is Cc1ccc(C2=NC(C(F)(F)F)(C(F)(F)F)S2)cc1. The maximum atomic E-state index is 12.6. The van der Waals surface area contributed by atoms with Gasteiger partial charge in [0.05, 0.1) is 0 Å².